The van der Waals surface area contributed by atoms with Crippen molar-refractivity contribution in [1.29, 1.82) is 0 Å². The average molecular weight is 284 g/mol. The van der Waals surface area contributed by atoms with Crippen LogP contribution in [-0.4, -0.2) is 17.6 Å². The largest absolute Gasteiger partial charge is 0.492 e. The third-order valence-corrected chi connectivity index (χ3v) is 3.22. The molecule has 0 amide bonds. The molecule has 1 aromatic carbocycles. The highest BCUT2D eigenvalue weighted by Crippen LogP contribution is 2.26. The number of hydrogen-bond donors (Lipinski definition) is 1. The summed E-state index contributed by atoms with van der Waals surface area (Å²) in [7, 11) is 0. The maximum atomic E-state index is 5.68. The highest BCUT2D eigenvalue weighted by molar-refractivity contribution is 5.67. The van der Waals surface area contributed by atoms with Crippen LogP contribution in [0.15, 0.2) is 42.7 Å². The molecular formula is C18H24N2O. The second-order valence-corrected chi connectivity index (χ2v) is 5.45. The zero-order valence-electron chi connectivity index (χ0n) is 13.1. The summed E-state index contributed by atoms with van der Waals surface area (Å²) in [4.78, 5) is 4.30. The van der Waals surface area contributed by atoms with Crippen LogP contribution in [0.2, 0.25) is 0 Å². The summed E-state index contributed by atoms with van der Waals surface area (Å²) in [5.41, 5.74) is 3.59. The van der Waals surface area contributed by atoms with Gasteiger partial charge in [-0.3, -0.25) is 4.98 Å². The third-order valence-electron chi connectivity index (χ3n) is 3.22. The second-order valence-electron chi connectivity index (χ2n) is 5.45. The number of ether oxygens (including phenoxy) is 1. The number of hydrogen-bond acceptors (Lipinski definition) is 3. The monoisotopic (exact) mass is 284 g/mol. The molecule has 0 aliphatic carbocycles. The number of nitrogens with zero attached hydrogens (tertiary/aromatic N) is 1. The fraction of sp³-hybridized carbons (Fsp3) is 0.389. The van der Waals surface area contributed by atoms with Crippen molar-refractivity contribution in [1.82, 2.24) is 10.3 Å². The highest BCUT2D eigenvalue weighted by atomic mass is 16.5. The van der Waals surface area contributed by atoms with Crippen molar-refractivity contribution < 1.29 is 4.74 Å². The SMILES string of the molecule is CCCOc1cncc(-c2ccccc2CNC(C)C)c1. The van der Waals surface area contributed by atoms with Gasteiger partial charge < -0.3 is 10.1 Å². The molecule has 3 heteroatoms. The molecular weight excluding hydrogens is 260 g/mol. The van der Waals surface area contributed by atoms with Gasteiger partial charge in [-0.25, -0.2) is 0 Å². The van der Waals surface area contributed by atoms with Gasteiger partial charge in [-0.05, 0) is 23.6 Å². The van der Waals surface area contributed by atoms with Gasteiger partial charge in [0.15, 0.2) is 0 Å². The summed E-state index contributed by atoms with van der Waals surface area (Å²) in [5, 5.41) is 3.47. The average Bonchev–Trinajstić information content (AvgIpc) is 2.51. The molecule has 0 unspecified atom stereocenters. The number of pyridine rings is 1. The predicted molar refractivity (Wildman–Crippen MR) is 87.4 cm³/mol. The lowest BCUT2D eigenvalue weighted by atomic mass is 10.0. The molecule has 1 heterocycles. The molecule has 3 nitrogen and oxygen atoms in total. The molecule has 21 heavy (non-hydrogen) atoms. The summed E-state index contributed by atoms with van der Waals surface area (Å²) in [6.45, 7) is 7.99. The summed E-state index contributed by atoms with van der Waals surface area (Å²) in [5.74, 6) is 0.834. The van der Waals surface area contributed by atoms with E-state index in [0.717, 1.165) is 30.9 Å². The molecule has 0 aliphatic rings. The Hall–Kier alpha value is -1.87. The second kappa shape index (κ2) is 7.79. The summed E-state index contributed by atoms with van der Waals surface area (Å²) >= 11 is 0. The first-order valence-electron chi connectivity index (χ1n) is 7.60. The van der Waals surface area contributed by atoms with E-state index in [1.54, 1.807) is 6.20 Å². The molecule has 2 rings (SSSR count). The van der Waals surface area contributed by atoms with Crippen molar-refractivity contribution in [2.75, 3.05) is 6.61 Å². The van der Waals surface area contributed by atoms with Crippen LogP contribution in [0, 0.1) is 0 Å². The quantitative estimate of drug-likeness (QED) is 0.833. The minimum Gasteiger partial charge on any atom is -0.492 e. The molecule has 1 N–H and O–H groups in total. The van der Waals surface area contributed by atoms with Crippen molar-refractivity contribution in [3.05, 3.63) is 48.3 Å². The topological polar surface area (TPSA) is 34.1 Å². The Balaban J connectivity index is 2.24. The van der Waals surface area contributed by atoms with E-state index in [0.29, 0.717) is 6.04 Å². The standard InChI is InChI=1S/C18H24N2O/c1-4-9-21-17-10-16(11-19-13-17)18-8-6-5-7-15(18)12-20-14(2)3/h5-8,10-11,13-14,20H,4,9,12H2,1-3H3. The fourth-order valence-electron chi connectivity index (χ4n) is 2.14. The first-order valence-corrected chi connectivity index (χ1v) is 7.60. The zero-order chi connectivity index (χ0) is 15.1. The Kier molecular flexibility index (Phi) is 5.76. The van der Waals surface area contributed by atoms with Crippen molar-refractivity contribution in [2.24, 2.45) is 0 Å². The van der Waals surface area contributed by atoms with Crippen LogP contribution in [0.4, 0.5) is 0 Å². The van der Waals surface area contributed by atoms with Crippen LogP contribution in [0.1, 0.15) is 32.8 Å². The van der Waals surface area contributed by atoms with Crippen LogP contribution in [-0.2, 0) is 6.54 Å². The first kappa shape index (κ1) is 15.5. The van der Waals surface area contributed by atoms with Gasteiger partial charge in [-0.2, -0.15) is 0 Å². The maximum absolute atomic E-state index is 5.68. The molecule has 2 aromatic rings. The lowest BCUT2D eigenvalue weighted by Gasteiger charge is -2.13. The van der Waals surface area contributed by atoms with Gasteiger partial charge in [0, 0.05) is 24.3 Å². The van der Waals surface area contributed by atoms with E-state index >= 15 is 0 Å². The van der Waals surface area contributed by atoms with Gasteiger partial charge in [0.2, 0.25) is 0 Å². The summed E-state index contributed by atoms with van der Waals surface area (Å²) < 4.78 is 5.68. The fourth-order valence-corrected chi connectivity index (χ4v) is 2.14. The van der Waals surface area contributed by atoms with Gasteiger partial charge in [-0.1, -0.05) is 45.0 Å². The third kappa shape index (κ3) is 4.57. The van der Waals surface area contributed by atoms with Crippen LogP contribution >= 0.6 is 0 Å². The predicted octanol–water partition coefficient (Wildman–Crippen LogP) is 4.04. The van der Waals surface area contributed by atoms with Crippen LogP contribution in [0.5, 0.6) is 5.75 Å². The molecule has 0 bridgehead atoms. The van der Waals surface area contributed by atoms with Crippen molar-refractivity contribution in [3.63, 3.8) is 0 Å². The number of rotatable bonds is 7. The van der Waals surface area contributed by atoms with Gasteiger partial charge in [0.25, 0.3) is 0 Å². The smallest absolute Gasteiger partial charge is 0.138 e. The maximum Gasteiger partial charge on any atom is 0.138 e. The molecule has 112 valence electrons. The van der Waals surface area contributed by atoms with E-state index in [9.17, 15) is 0 Å². The van der Waals surface area contributed by atoms with Crippen LogP contribution < -0.4 is 10.1 Å². The molecule has 0 spiro atoms. The molecule has 0 radical (unpaired) electrons. The van der Waals surface area contributed by atoms with E-state index in [-0.39, 0.29) is 0 Å². The first-order chi connectivity index (χ1) is 10.2. The van der Waals surface area contributed by atoms with Gasteiger partial charge in [0.05, 0.1) is 12.8 Å². The van der Waals surface area contributed by atoms with E-state index in [2.05, 4.69) is 61.4 Å². The Morgan fingerprint density at radius 2 is 2.00 bits per heavy atom. The lowest BCUT2D eigenvalue weighted by molar-refractivity contribution is 0.316. The van der Waals surface area contributed by atoms with E-state index in [1.807, 2.05) is 6.20 Å². The molecule has 0 aliphatic heterocycles. The molecule has 0 fully saturated rings. The minimum atomic E-state index is 0.468. The zero-order valence-corrected chi connectivity index (χ0v) is 13.1. The van der Waals surface area contributed by atoms with Crippen molar-refractivity contribution >= 4 is 0 Å². The van der Waals surface area contributed by atoms with Gasteiger partial charge in [0.1, 0.15) is 5.75 Å². The van der Waals surface area contributed by atoms with Gasteiger partial charge >= 0.3 is 0 Å². The van der Waals surface area contributed by atoms with Crippen molar-refractivity contribution in [2.45, 2.75) is 39.8 Å². The molecule has 0 atom stereocenters. The Morgan fingerprint density at radius 1 is 1.19 bits per heavy atom. The van der Waals surface area contributed by atoms with E-state index in [4.69, 9.17) is 4.74 Å². The molecule has 1 aromatic heterocycles. The normalized spacial score (nSPS) is 10.9. The Bertz CT molecular complexity index is 567. The highest BCUT2D eigenvalue weighted by Gasteiger charge is 2.07. The van der Waals surface area contributed by atoms with Crippen molar-refractivity contribution in [3.8, 4) is 16.9 Å². The Labute approximate surface area is 127 Å². The summed E-state index contributed by atoms with van der Waals surface area (Å²) in [6.07, 6.45) is 4.67. The molecule has 0 saturated carbocycles. The number of aromatic nitrogens is 1. The van der Waals surface area contributed by atoms with Gasteiger partial charge in [-0.15, -0.1) is 0 Å². The Morgan fingerprint density at radius 3 is 2.76 bits per heavy atom. The van der Waals surface area contributed by atoms with Crippen LogP contribution in [0.25, 0.3) is 11.1 Å². The molecule has 0 saturated heterocycles. The summed E-state index contributed by atoms with van der Waals surface area (Å²) in [6, 6.07) is 11.0. The van der Waals surface area contributed by atoms with E-state index < -0.39 is 0 Å². The minimum absolute atomic E-state index is 0.468. The number of benzene rings is 1. The lowest BCUT2D eigenvalue weighted by Crippen LogP contribution is -2.22. The van der Waals surface area contributed by atoms with Crippen LogP contribution in [0.3, 0.4) is 0 Å². The van der Waals surface area contributed by atoms with E-state index in [1.165, 1.54) is 11.1 Å². The number of nitrogens with one attached hydrogen (secondary N) is 1.